The molecule has 122 valence electrons. The Morgan fingerprint density at radius 2 is 2.04 bits per heavy atom. The van der Waals surface area contributed by atoms with Crippen LogP contribution in [0.5, 0.6) is 0 Å². The van der Waals surface area contributed by atoms with Gasteiger partial charge in [0.05, 0.1) is 7.11 Å². The first-order chi connectivity index (χ1) is 11.0. The first-order valence-electron chi connectivity index (χ1n) is 7.90. The quantitative estimate of drug-likeness (QED) is 0.653. The number of rotatable bonds is 6. The standard InChI is InChI=1S/C19H24N2O2/c1-13(2)10-17-12-15(8-9-21-17)18-6-5-16(20)11-14(18)4-7-19(22)23-3/h5-6,8-9,11-13H,4,7,10,20H2,1-3H3. The zero-order chi connectivity index (χ0) is 16.8. The van der Waals surface area contributed by atoms with Crippen molar-refractivity contribution in [1.82, 2.24) is 4.98 Å². The summed E-state index contributed by atoms with van der Waals surface area (Å²) in [6, 6.07) is 9.95. The van der Waals surface area contributed by atoms with Gasteiger partial charge in [0, 0.05) is 24.0 Å². The van der Waals surface area contributed by atoms with Gasteiger partial charge >= 0.3 is 5.97 Å². The molecule has 2 rings (SSSR count). The Bertz CT molecular complexity index is 681. The number of nitrogens with zero attached hydrogens (tertiary/aromatic N) is 1. The largest absolute Gasteiger partial charge is 0.469 e. The van der Waals surface area contributed by atoms with Crippen molar-refractivity contribution < 1.29 is 9.53 Å². The second kappa shape index (κ2) is 7.77. The molecule has 0 radical (unpaired) electrons. The first kappa shape index (κ1) is 17.0. The van der Waals surface area contributed by atoms with Gasteiger partial charge in [-0.3, -0.25) is 9.78 Å². The molecule has 1 heterocycles. The van der Waals surface area contributed by atoms with Crippen LogP contribution in [0, 0.1) is 5.92 Å². The van der Waals surface area contributed by atoms with E-state index in [4.69, 9.17) is 10.5 Å². The minimum atomic E-state index is -0.214. The average molecular weight is 312 g/mol. The summed E-state index contributed by atoms with van der Waals surface area (Å²) in [5, 5.41) is 0. The van der Waals surface area contributed by atoms with Crippen LogP contribution in [0.2, 0.25) is 0 Å². The number of hydrogen-bond acceptors (Lipinski definition) is 4. The van der Waals surface area contributed by atoms with Crippen molar-refractivity contribution in [3.05, 3.63) is 47.8 Å². The molecule has 0 bridgehead atoms. The van der Waals surface area contributed by atoms with Crippen molar-refractivity contribution in [2.45, 2.75) is 33.1 Å². The molecule has 1 aromatic heterocycles. The van der Waals surface area contributed by atoms with Gasteiger partial charge in [0.1, 0.15) is 0 Å². The lowest BCUT2D eigenvalue weighted by Crippen LogP contribution is -2.03. The number of aromatic nitrogens is 1. The molecule has 0 saturated heterocycles. The number of anilines is 1. The third-order valence-corrected chi connectivity index (χ3v) is 3.70. The zero-order valence-electron chi connectivity index (χ0n) is 14.0. The molecule has 2 aromatic rings. The third kappa shape index (κ3) is 4.81. The van der Waals surface area contributed by atoms with Crippen LogP contribution in [0.25, 0.3) is 11.1 Å². The van der Waals surface area contributed by atoms with Gasteiger partial charge in [0.2, 0.25) is 0 Å². The maximum Gasteiger partial charge on any atom is 0.305 e. The summed E-state index contributed by atoms with van der Waals surface area (Å²) < 4.78 is 4.73. The zero-order valence-corrected chi connectivity index (χ0v) is 14.0. The molecular formula is C19H24N2O2. The molecule has 4 heteroatoms. The van der Waals surface area contributed by atoms with Crippen molar-refractivity contribution in [2.24, 2.45) is 5.92 Å². The highest BCUT2D eigenvalue weighted by Gasteiger charge is 2.10. The lowest BCUT2D eigenvalue weighted by molar-refractivity contribution is -0.140. The van der Waals surface area contributed by atoms with Gasteiger partial charge in [-0.25, -0.2) is 0 Å². The SMILES string of the molecule is COC(=O)CCc1cc(N)ccc1-c1ccnc(CC(C)C)c1. The van der Waals surface area contributed by atoms with Crippen LogP contribution < -0.4 is 5.73 Å². The van der Waals surface area contributed by atoms with E-state index in [0.717, 1.165) is 28.8 Å². The second-order valence-corrected chi connectivity index (χ2v) is 6.13. The summed E-state index contributed by atoms with van der Waals surface area (Å²) in [5.74, 6) is 0.344. The monoisotopic (exact) mass is 312 g/mol. The molecule has 1 aromatic carbocycles. The Morgan fingerprint density at radius 3 is 2.74 bits per heavy atom. The number of aryl methyl sites for hydroxylation is 1. The molecular weight excluding hydrogens is 288 g/mol. The van der Waals surface area contributed by atoms with E-state index in [1.54, 1.807) is 0 Å². The van der Waals surface area contributed by atoms with Gasteiger partial charge in [0.25, 0.3) is 0 Å². The molecule has 0 aliphatic rings. The smallest absolute Gasteiger partial charge is 0.305 e. The molecule has 0 fully saturated rings. The number of nitrogens with two attached hydrogens (primary N) is 1. The summed E-state index contributed by atoms with van der Waals surface area (Å²) in [7, 11) is 1.41. The molecule has 0 atom stereocenters. The van der Waals surface area contributed by atoms with Crippen LogP contribution in [0.3, 0.4) is 0 Å². The number of carbonyl (C=O) groups excluding carboxylic acids is 1. The summed E-state index contributed by atoms with van der Waals surface area (Å²) in [6.07, 6.45) is 3.74. The topological polar surface area (TPSA) is 65.2 Å². The van der Waals surface area contributed by atoms with E-state index in [2.05, 4.69) is 24.9 Å². The predicted octanol–water partition coefficient (Wildman–Crippen LogP) is 3.63. The summed E-state index contributed by atoms with van der Waals surface area (Å²) in [6.45, 7) is 4.36. The molecule has 0 unspecified atom stereocenters. The summed E-state index contributed by atoms with van der Waals surface area (Å²) in [4.78, 5) is 15.9. The van der Waals surface area contributed by atoms with Crippen LogP contribution in [-0.2, 0) is 22.4 Å². The molecule has 23 heavy (non-hydrogen) atoms. The van der Waals surface area contributed by atoms with E-state index in [9.17, 15) is 4.79 Å². The van der Waals surface area contributed by atoms with Gasteiger partial charge in [0.15, 0.2) is 0 Å². The Balaban J connectivity index is 2.33. The normalized spacial score (nSPS) is 10.8. The third-order valence-electron chi connectivity index (χ3n) is 3.70. The number of pyridine rings is 1. The van der Waals surface area contributed by atoms with E-state index in [1.165, 1.54) is 7.11 Å². The summed E-state index contributed by atoms with van der Waals surface area (Å²) >= 11 is 0. The first-order valence-corrected chi connectivity index (χ1v) is 7.90. The number of hydrogen-bond donors (Lipinski definition) is 1. The Labute approximate surface area is 137 Å². The van der Waals surface area contributed by atoms with Gasteiger partial charge in [-0.15, -0.1) is 0 Å². The maximum absolute atomic E-state index is 11.4. The molecule has 0 aliphatic carbocycles. The fourth-order valence-electron chi connectivity index (χ4n) is 2.62. The molecule has 2 N–H and O–H groups in total. The van der Waals surface area contributed by atoms with E-state index >= 15 is 0 Å². The minimum Gasteiger partial charge on any atom is -0.469 e. The van der Waals surface area contributed by atoms with Crippen molar-refractivity contribution in [3.8, 4) is 11.1 Å². The average Bonchev–Trinajstić information content (AvgIpc) is 2.52. The highest BCUT2D eigenvalue weighted by Crippen LogP contribution is 2.27. The number of carbonyl (C=O) groups is 1. The molecule has 0 aliphatic heterocycles. The lowest BCUT2D eigenvalue weighted by Gasteiger charge is -2.12. The Kier molecular flexibility index (Phi) is 5.74. The van der Waals surface area contributed by atoms with E-state index in [1.807, 2.05) is 30.5 Å². The second-order valence-electron chi connectivity index (χ2n) is 6.13. The van der Waals surface area contributed by atoms with Gasteiger partial charge in [-0.2, -0.15) is 0 Å². The number of esters is 1. The fraction of sp³-hybridized carbons (Fsp3) is 0.368. The molecule has 0 saturated carbocycles. The van der Waals surface area contributed by atoms with Crippen molar-refractivity contribution in [3.63, 3.8) is 0 Å². The van der Waals surface area contributed by atoms with Gasteiger partial charge in [-0.05, 0) is 59.7 Å². The lowest BCUT2D eigenvalue weighted by atomic mass is 9.95. The number of nitrogen functional groups attached to an aromatic ring is 1. The van der Waals surface area contributed by atoms with Crippen molar-refractivity contribution >= 4 is 11.7 Å². The van der Waals surface area contributed by atoms with Crippen LogP contribution in [0.1, 0.15) is 31.5 Å². The predicted molar refractivity (Wildman–Crippen MR) is 93.0 cm³/mol. The molecule has 0 amide bonds. The van der Waals surface area contributed by atoms with E-state index in [-0.39, 0.29) is 5.97 Å². The van der Waals surface area contributed by atoms with Crippen molar-refractivity contribution in [2.75, 3.05) is 12.8 Å². The van der Waals surface area contributed by atoms with E-state index < -0.39 is 0 Å². The molecule has 4 nitrogen and oxygen atoms in total. The van der Waals surface area contributed by atoms with Gasteiger partial charge < -0.3 is 10.5 Å². The van der Waals surface area contributed by atoms with Crippen LogP contribution in [-0.4, -0.2) is 18.1 Å². The maximum atomic E-state index is 11.4. The fourth-order valence-corrected chi connectivity index (χ4v) is 2.62. The highest BCUT2D eigenvalue weighted by atomic mass is 16.5. The van der Waals surface area contributed by atoms with E-state index in [0.29, 0.717) is 24.4 Å². The van der Waals surface area contributed by atoms with Crippen LogP contribution in [0.4, 0.5) is 5.69 Å². The number of methoxy groups -OCH3 is 1. The number of benzene rings is 1. The summed E-state index contributed by atoms with van der Waals surface area (Å²) in [5.41, 5.74) is 10.9. The van der Waals surface area contributed by atoms with Gasteiger partial charge in [-0.1, -0.05) is 19.9 Å². The van der Waals surface area contributed by atoms with Crippen molar-refractivity contribution in [1.29, 1.82) is 0 Å². The van der Waals surface area contributed by atoms with Crippen LogP contribution in [0.15, 0.2) is 36.5 Å². The Morgan fingerprint density at radius 1 is 1.26 bits per heavy atom. The van der Waals surface area contributed by atoms with Crippen LogP contribution >= 0.6 is 0 Å². The number of ether oxygens (including phenoxy) is 1. The minimum absolute atomic E-state index is 0.214. The molecule has 0 spiro atoms. The Hall–Kier alpha value is -2.36. The highest BCUT2D eigenvalue weighted by molar-refractivity contribution is 5.73.